The second kappa shape index (κ2) is 3.99. The van der Waals surface area contributed by atoms with Crippen molar-refractivity contribution in [1.29, 1.82) is 0 Å². The molecule has 1 N–H and O–H groups in total. The summed E-state index contributed by atoms with van der Waals surface area (Å²) in [6.45, 7) is 0. The molecule has 14 heavy (non-hydrogen) atoms. The molecule has 2 aromatic carbocycles. The smallest absolute Gasteiger partial charge is 0.0925 e. The van der Waals surface area contributed by atoms with Gasteiger partial charge in [-0.3, -0.25) is 0 Å². The van der Waals surface area contributed by atoms with Crippen LogP contribution >= 0.6 is 11.6 Å². The molecule has 2 rings (SSSR count). The van der Waals surface area contributed by atoms with Gasteiger partial charge in [-0.05, 0) is 22.4 Å². The molecule has 0 saturated carbocycles. The normalized spacial score (nSPS) is 13.0. The molecule has 0 heterocycles. The molecule has 0 fully saturated rings. The summed E-state index contributed by atoms with van der Waals surface area (Å²) in [5, 5.41) is 11.9. The van der Waals surface area contributed by atoms with Crippen LogP contribution in [0.4, 0.5) is 0 Å². The standard InChI is InChI=1S/C12H11ClO/c13-8-12(14)11-6-5-9-3-1-2-4-10(9)7-11/h1-7,12,14H,8H2. The number of fused-ring (bicyclic) bond motifs is 1. The zero-order chi connectivity index (χ0) is 9.97. The average Bonchev–Trinajstić information content (AvgIpc) is 2.27. The van der Waals surface area contributed by atoms with Crippen molar-refractivity contribution in [2.24, 2.45) is 0 Å². The maximum absolute atomic E-state index is 9.56. The predicted molar refractivity (Wildman–Crippen MR) is 59.6 cm³/mol. The molecule has 0 amide bonds. The van der Waals surface area contributed by atoms with Gasteiger partial charge in [0.25, 0.3) is 0 Å². The first-order valence-electron chi connectivity index (χ1n) is 4.54. The van der Waals surface area contributed by atoms with Crippen molar-refractivity contribution in [3.63, 3.8) is 0 Å². The molecule has 1 nitrogen and oxygen atoms in total. The Kier molecular flexibility index (Phi) is 2.71. The molecule has 72 valence electrons. The Morgan fingerprint density at radius 1 is 1.07 bits per heavy atom. The first-order valence-corrected chi connectivity index (χ1v) is 5.07. The van der Waals surface area contributed by atoms with Crippen molar-refractivity contribution in [2.45, 2.75) is 6.10 Å². The van der Waals surface area contributed by atoms with Gasteiger partial charge in [-0.15, -0.1) is 11.6 Å². The van der Waals surface area contributed by atoms with Crippen molar-refractivity contribution < 1.29 is 5.11 Å². The van der Waals surface area contributed by atoms with Crippen LogP contribution in [0.2, 0.25) is 0 Å². The lowest BCUT2D eigenvalue weighted by Crippen LogP contribution is -1.97. The maximum atomic E-state index is 9.56. The number of hydrogen-bond acceptors (Lipinski definition) is 1. The van der Waals surface area contributed by atoms with E-state index in [1.807, 2.05) is 42.5 Å². The quantitative estimate of drug-likeness (QED) is 0.749. The van der Waals surface area contributed by atoms with E-state index in [1.54, 1.807) is 0 Å². The summed E-state index contributed by atoms with van der Waals surface area (Å²) in [7, 11) is 0. The number of hydrogen-bond donors (Lipinski definition) is 1. The molecular formula is C12H11ClO. The molecule has 1 atom stereocenters. The van der Waals surface area contributed by atoms with E-state index >= 15 is 0 Å². The molecular weight excluding hydrogens is 196 g/mol. The number of aliphatic hydroxyl groups excluding tert-OH is 1. The highest BCUT2D eigenvalue weighted by molar-refractivity contribution is 6.18. The molecule has 0 aliphatic carbocycles. The fraction of sp³-hybridized carbons (Fsp3) is 0.167. The Morgan fingerprint density at radius 2 is 1.79 bits per heavy atom. The van der Waals surface area contributed by atoms with E-state index in [-0.39, 0.29) is 5.88 Å². The highest BCUT2D eigenvalue weighted by Gasteiger charge is 2.05. The van der Waals surface area contributed by atoms with Gasteiger partial charge in [0.15, 0.2) is 0 Å². The van der Waals surface area contributed by atoms with Gasteiger partial charge in [-0.25, -0.2) is 0 Å². The summed E-state index contributed by atoms with van der Waals surface area (Å²) >= 11 is 5.59. The van der Waals surface area contributed by atoms with Crippen LogP contribution in [-0.2, 0) is 0 Å². The van der Waals surface area contributed by atoms with Gasteiger partial charge in [0, 0.05) is 0 Å². The van der Waals surface area contributed by atoms with Gasteiger partial charge in [-0.1, -0.05) is 36.4 Å². The Hall–Kier alpha value is -1.05. The summed E-state index contributed by atoms with van der Waals surface area (Å²) in [5.74, 6) is 0.234. The molecule has 1 unspecified atom stereocenters. The summed E-state index contributed by atoms with van der Waals surface area (Å²) in [4.78, 5) is 0. The van der Waals surface area contributed by atoms with Crippen molar-refractivity contribution in [3.8, 4) is 0 Å². The lowest BCUT2D eigenvalue weighted by atomic mass is 10.0. The average molecular weight is 207 g/mol. The summed E-state index contributed by atoms with van der Waals surface area (Å²) in [5.41, 5.74) is 0.874. The third kappa shape index (κ3) is 1.74. The molecule has 0 spiro atoms. The van der Waals surface area contributed by atoms with Crippen LogP contribution in [0.1, 0.15) is 11.7 Å². The number of rotatable bonds is 2. The van der Waals surface area contributed by atoms with Gasteiger partial charge in [0.05, 0.1) is 12.0 Å². The fourth-order valence-electron chi connectivity index (χ4n) is 1.50. The highest BCUT2D eigenvalue weighted by Crippen LogP contribution is 2.20. The van der Waals surface area contributed by atoms with Gasteiger partial charge >= 0.3 is 0 Å². The van der Waals surface area contributed by atoms with Gasteiger partial charge in [-0.2, -0.15) is 0 Å². The van der Waals surface area contributed by atoms with Crippen LogP contribution in [0, 0.1) is 0 Å². The SMILES string of the molecule is OC(CCl)c1ccc2ccccc2c1. The van der Waals surface area contributed by atoms with Gasteiger partial charge < -0.3 is 5.11 Å². The molecule has 0 aromatic heterocycles. The number of benzene rings is 2. The van der Waals surface area contributed by atoms with E-state index in [9.17, 15) is 5.11 Å². The van der Waals surface area contributed by atoms with Crippen LogP contribution in [0.15, 0.2) is 42.5 Å². The zero-order valence-corrected chi connectivity index (χ0v) is 8.41. The third-order valence-corrected chi connectivity index (χ3v) is 2.60. The highest BCUT2D eigenvalue weighted by atomic mass is 35.5. The molecule has 0 aliphatic heterocycles. The van der Waals surface area contributed by atoms with Crippen LogP contribution < -0.4 is 0 Å². The monoisotopic (exact) mass is 206 g/mol. The van der Waals surface area contributed by atoms with Crippen molar-refractivity contribution in [1.82, 2.24) is 0 Å². The summed E-state index contributed by atoms with van der Waals surface area (Å²) in [6.07, 6.45) is -0.568. The minimum Gasteiger partial charge on any atom is -0.387 e. The van der Waals surface area contributed by atoms with E-state index in [2.05, 4.69) is 0 Å². The topological polar surface area (TPSA) is 20.2 Å². The van der Waals surface area contributed by atoms with Crippen molar-refractivity contribution >= 4 is 22.4 Å². The Morgan fingerprint density at radius 3 is 2.50 bits per heavy atom. The zero-order valence-electron chi connectivity index (χ0n) is 7.65. The van der Waals surface area contributed by atoms with Crippen LogP contribution in [0.5, 0.6) is 0 Å². The number of halogens is 1. The van der Waals surface area contributed by atoms with Crippen LogP contribution in [0.3, 0.4) is 0 Å². The van der Waals surface area contributed by atoms with Gasteiger partial charge in [0.2, 0.25) is 0 Å². The van der Waals surface area contributed by atoms with Crippen molar-refractivity contribution in [2.75, 3.05) is 5.88 Å². The lowest BCUT2D eigenvalue weighted by molar-refractivity contribution is 0.203. The van der Waals surface area contributed by atoms with E-state index in [4.69, 9.17) is 11.6 Å². The molecule has 0 aliphatic rings. The number of alkyl halides is 1. The van der Waals surface area contributed by atoms with E-state index < -0.39 is 6.10 Å². The second-order valence-electron chi connectivity index (χ2n) is 3.28. The van der Waals surface area contributed by atoms with Crippen LogP contribution in [-0.4, -0.2) is 11.0 Å². The van der Waals surface area contributed by atoms with E-state index in [0.29, 0.717) is 0 Å². The minimum atomic E-state index is -0.568. The lowest BCUT2D eigenvalue weighted by Gasteiger charge is -2.07. The molecule has 2 aromatic rings. The van der Waals surface area contributed by atoms with Gasteiger partial charge in [0.1, 0.15) is 0 Å². The largest absolute Gasteiger partial charge is 0.387 e. The summed E-state index contributed by atoms with van der Waals surface area (Å²) in [6, 6.07) is 13.9. The first kappa shape index (κ1) is 9.50. The summed E-state index contributed by atoms with van der Waals surface area (Å²) < 4.78 is 0. The second-order valence-corrected chi connectivity index (χ2v) is 3.59. The van der Waals surface area contributed by atoms with E-state index in [0.717, 1.165) is 10.9 Å². The van der Waals surface area contributed by atoms with E-state index in [1.165, 1.54) is 5.39 Å². The minimum absolute atomic E-state index is 0.234. The number of aliphatic hydroxyl groups is 1. The third-order valence-electron chi connectivity index (χ3n) is 2.30. The van der Waals surface area contributed by atoms with Crippen LogP contribution in [0.25, 0.3) is 10.8 Å². The fourth-order valence-corrected chi connectivity index (χ4v) is 1.68. The Balaban J connectivity index is 2.51. The molecule has 0 saturated heterocycles. The van der Waals surface area contributed by atoms with Crippen molar-refractivity contribution in [3.05, 3.63) is 48.0 Å². The Bertz CT molecular complexity index is 439. The molecule has 0 bridgehead atoms. The molecule has 2 heteroatoms. The first-order chi connectivity index (χ1) is 6.81. The Labute approximate surface area is 87.9 Å². The maximum Gasteiger partial charge on any atom is 0.0925 e. The molecule has 0 radical (unpaired) electrons. The predicted octanol–water partition coefficient (Wildman–Crippen LogP) is 3.11.